The largest absolute Gasteiger partial charge is 0.345 e. The van der Waals surface area contributed by atoms with Crippen LogP contribution in [0.2, 0.25) is 0 Å². The molecule has 4 heteroatoms. The lowest BCUT2D eigenvalue weighted by atomic mass is 9.82. The molecule has 0 spiro atoms. The van der Waals surface area contributed by atoms with E-state index in [1.807, 2.05) is 29.6 Å². The summed E-state index contributed by atoms with van der Waals surface area (Å²) >= 11 is 3.82. The van der Waals surface area contributed by atoms with Crippen molar-refractivity contribution in [1.82, 2.24) is 5.32 Å². The van der Waals surface area contributed by atoms with E-state index in [9.17, 15) is 4.79 Å². The Morgan fingerprint density at radius 2 is 1.90 bits per heavy atom. The van der Waals surface area contributed by atoms with E-state index in [1.54, 1.807) is 11.3 Å². The second-order valence-electron chi connectivity index (χ2n) is 5.82. The van der Waals surface area contributed by atoms with Crippen molar-refractivity contribution in [2.45, 2.75) is 26.8 Å². The van der Waals surface area contributed by atoms with Crippen molar-refractivity contribution < 1.29 is 4.79 Å². The zero-order valence-electron chi connectivity index (χ0n) is 11.8. The van der Waals surface area contributed by atoms with Gasteiger partial charge in [-0.05, 0) is 39.6 Å². The van der Waals surface area contributed by atoms with Gasteiger partial charge in [-0.2, -0.15) is 0 Å². The van der Waals surface area contributed by atoms with Gasteiger partial charge in [0.25, 0.3) is 5.91 Å². The summed E-state index contributed by atoms with van der Waals surface area (Å²) in [6.45, 7) is 6.42. The van der Waals surface area contributed by atoms with Crippen LogP contribution in [0.25, 0.3) is 0 Å². The van der Waals surface area contributed by atoms with Crippen LogP contribution in [0.3, 0.4) is 0 Å². The quantitative estimate of drug-likeness (QED) is 0.734. The van der Waals surface area contributed by atoms with Gasteiger partial charge in [-0.25, -0.2) is 0 Å². The first kappa shape index (κ1) is 15.5. The highest BCUT2D eigenvalue weighted by Gasteiger charge is 2.28. The van der Waals surface area contributed by atoms with E-state index >= 15 is 0 Å². The maximum atomic E-state index is 12.4. The number of benzene rings is 1. The lowest BCUT2D eigenvalue weighted by Crippen LogP contribution is -2.36. The molecule has 1 amide bonds. The van der Waals surface area contributed by atoms with E-state index in [2.05, 4.69) is 60.8 Å². The number of hydrogen-bond donors (Lipinski definition) is 1. The van der Waals surface area contributed by atoms with Crippen LogP contribution in [0.5, 0.6) is 0 Å². The number of amides is 1. The van der Waals surface area contributed by atoms with Crippen molar-refractivity contribution in [3.05, 3.63) is 55.8 Å². The molecular formula is C16H18INOS. The van der Waals surface area contributed by atoms with Gasteiger partial charge in [0.2, 0.25) is 0 Å². The fourth-order valence-electron chi connectivity index (χ4n) is 2.09. The lowest BCUT2D eigenvalue weighted by molar-refractivity contribution is 0.0902. The maximum Gasteiger partial charge on any atom is 0.252 e. The molecule has 1 aromatic carbocycles. The molecule has 0 aliphatic carbocycles. The number of carbonyl (C=O) groups is 1. The minimum Gasteiger partial charge on any atom is -0.345 e. The molecule has 1 N–H and O–H groups in total. The molecule has 0 fully saturated rings. The molecule has 1 atom stereocenters. The molecule has 2 nitrogen and oxygen atoms in total. The third-order valence-electron chi connectivity index (χ3n) is 3.10. The highest BCUT2D eigenvalue weighted by Crippen LogP contribution is 2.33. The van der Waals surface area contributed by atoms with Crippen molar-refractivity contribution in [3.8, 4) is 0 Å². The Morgan fingerprint density at radius 3 is 2.40 bits per heavy atom. The molecule has 0 saturated heterocycles. The summed E-state index contributed by atoms with van der Waals surface area (Å²) in [5, 5.41) is 5.07. The second-order valence-corrected chi connectivity index (χ2v) is 8.63. The third-order valence-corrected chi connectivity index (χ3v) is 4.89. The zero-order chi connectivity index (χ0) is 14.8. The van der Waals surface area contributed by atoms with E-state index in [-0.39, 0.29) is 17.4 Å². The van der Waals surface area contributed by atoms with Crippen LogP contribution >= 0.6 is 33.9 Å². The SMILES string of the molecule is CC(C)(C)C(NC(=O)c1csc(I)c1)c1ccccc1. The van der Waals surface area contributed by atoms with Crippen LogP contribution in [0.1, 0.15) is 42.7 Å². The standard InChI is InChI=1S/C16H18INOS/c1-16(2,3)14(11-7-5-4-6-8-11)18-15(19)12-9-13(17)20-10-12/h4-10,14H,1-3H3,(H,18,19). The molecule has 1 heterocycles. The summed E-state index contributed by atoms with van der Waals surface area (Å²) in [4.78, 5) is 12.4. The Bertz CT molecular complexity index is 586. The van der Waals surface area contributed by atoms with Crippen LogP contribution < -0.4 is 5.32 Å². The number of rotatable bonds is 3. The average Bonchev–Trinajstić information content (AvgIpc) is 2.82. The van der Waals surface area contributed by atoms with E-state index in [1.165, 1.54) is 0 Å². The predicted molar refractivity (Wildman–Crippen MR) is 93.1 cm³/mol. The van der Waals surface area contributed by atoms with Crippen molar-refractivity contribution >= 4 is 39.8 Å². The van der Waals surface area contributed by atoms with Gasteiger partial charge < -0.3 is 5.32 Å². The van der Waals surface area contributed by atoms with E-state index in [0.29, 0.717) is 0 Å². The Balaban J connectivity index is 2.23. The van der Waals surface area contributed by atoms with Gasteiger partial charge in [-0.3, -0.25) is 4.79 Å². The van der Waals surface area contributed by atoms with E-state index < -0.39 is 0 Å². The molecule has 1 aromatic heterocycles. The van der Waals surface area contributed by atoms with Gasteiger partial charge in [0.15, 0.2) is 0 Å². The topological polar surface area (TPSA) is 29.1 Å². The maximum absolute atomic E-state index is 12.4. The van der Waals surface area contributed by atoms with Gasteiger partial charge in [0, 0.05) is 5.38 Å². The molecule has 0 radical (unpaired) electrons. The first-order chi connectivity index (χ1) is 9.38. The third kappa shape index (κ3) is 3.82. The molecular weight excluding hydrogens is 381 g/mol. The van der Waals surface area contributed by atoms with Crippen molar-refractivity contribution in [2.75, 3.05) is 0 Å². The molecule has 1 unspecified atom stereocenters. The molecule has 2 rings (SSSR count). The molecule has 106 valence electrons. The smallest absolute Gasteiger partial charge is 0.252 e. The van der Waals surface area contributed by atoms with Crippen molar-refractivity contribution in [3.63, 3.8) is 0 Å². The summed E-state index contributed by atoms with van der Waals surface area (Å²) in [6.07, 6.45) is 0. The minimum atomic E-state index is -0.0415. The monoisotopic (exact) mass is 399 g/mol. The van der Waals surface area contributed by atoms with Gasteiger partial charge in [-0.15, -0.1) is 11.3 Å². The highest BCUT2D eigenvalue weighted by molar-refractivity contribution is 14.1. The van der Waals surface area contributed by atoms with Crippen molar-refractivity contribution in [1.29, 1.82) is 0 Å². The van der Waals surface area contributed by atoms with Crippen LogP contribution in [0, 0.1) is 8.30 Å². The van der Waals surface area contributed by atoms with E-state index in [0.717, 1.165) is 14.0 Å². The summed E-state index contributed by atoms with van der Waals surface area (Å²) in [5.74, 6) is -0.00653. The molecule has 0 bridgehead atoms. The zero-order valence-corrected chi connectivity index (χ0v) is 14.8. The first-order valence-corrected chi connectivity index (χ1v) is 8.43. The van der Waals surface area contributed by atoms with Crippen LogP contribution in [0.15, 0.2) is 41.8 Å². The lowest BCUT2D eigenvalue weighted by Gasteiger charge is -2.32. The Kier molecular flexibility index (Phi) is 4.86. The predicted octanol–water partition coefficient (Wildman–Crippen LogP) is 4.87. The Hall–Kier alpha value is -0.880. The van der Waals surface area contributed by atoms with Crippen LogP contribution in [-0.4, -0.2) is 5.91 Å². The normalized spacial score (nSPS) is 13.0. The molecule has 0 saturated carbocycles. The number of nitrogens with one attached hydrogen (secondary N) is 1. The van der Waals surface area contributed by atoms with Gasteiger partial charge in [0.1, 0.15) is 0 Å². The summed E-state index contributed by atoms with van der Waals surface area (Å²) < 4.78 is 1.12. The van der Waals surface area contributed by atoms with Gasteiger partial charge in [-0.1, -0.05) is 51.1 Å². The fraction of sp³-hybridized carbons (Fsp3) is 0.312. The average molecular weight is 399 g/mol. The Labute approximate surface area is 137 Å². The first-order valence-electron chi connectivity index (χ1n) is 6.48. The van der Waals surface area contributed by atoms with Gasteiger partial charge >= 0.3 is 0 Å². The number of thiophene rings is 1. The summed E-state index contributed by atoms with van der Waals surface area (Å²) in [5.41, 5.74) is 1.84. The molecule has 2 aromatic rings. The Morgan fingerprint density at radius 1 is 1.25 bits per heavy atom. The number of carbonyl (C=O) groups excluding carboxylic acids is 1. The second kappa shape index (κ2) is 6.26. The molecule has 0 aliphatic heterocycles. The highest BCUT2D eigenvalue weighted by atomic mass is 127. The van der Waals surface area contributed by atoms with Gasteiger partial charge in [0.05, 0.1) is 14.5 Å². The molecule has 20 heavy (non-hydrogen) atoms. The van der Waals surface area contributed by atoms with Crippen LogP contribution in [0.4, 0.5) is 0 Å². The van der Waals surface area contributed by atoms with E-state index in [4.69, 9.17) is 0 Å². The van der Waals surface area contributed by atoms with Crippen LogP contribution in [-0.2, 0) is 0 Å². The number of halogens is 1. The molecule has 0 aliphatic rings. The minimum absolute atomic E-state index is 0.00578. The van der Waals surface area contributed by atoms with Crippen molar-refractivity contribution in [2.24, 2.45) is 5.41 Å². The number of hydrogen-bond acceptors (Lipinski definition) is 2. The summed E-state index contributed by atoms with van der Waals surface area (Å²) in [6, 6.07) is 12.0. The fourth-order valence-corrected chi connectivity index (χ4v) is 3.42. The summed E-state index contributed by atoms with van der Waals surface area (Å²) in [7, 11) is 0.